The molecule has 0 aliphatic heterocycles. The third-order valence-electron chi connectivity index (χ3n) is 2.92. The second kappa shape index (κ2) is 10.7. The van der Waals surface area contributed by atoms with Crippen molar-refractivity contribution in [1.29, 1.82) is 0 Å². The lowest BCUT2D eigenvalue weighted by molar-refractivity contribution is 0.415. The van der Waals surface area contributed by atoms with Crippen LogP contribution in [-0.2, 0) is 0 Å². The van der Waals surface area contributed by atoms with Crippen molar-refractivity contribution in [3.63, 3.8) is 0 Å². The number of nitrogens with zero attached hydrogens (tertiary/aromatic N) is 2. The molecule has 10 heteroatoms. The van der Waals surface area contributed by atoms with Crippen molar-refractivity contribution in [2.75, 3.05) is 30.8 Å². The highest BCUT2D eigenvalue weighted by molar-refractivity contribution is 14.0. The molecule has 0 fully saturated rings. The molecule has 4 N–H and O–H groups in total. The maximum atomic E-state index is 6.05. The lowest BCUT2D eigenvalue weighted by atomic mass is 10.3. The molecule has 0 aliphatic carbocycles. The summed E-state index contributed by atoms with van der Waals surface area (Å²) in [5, 5.41) is 7.42. The number of benzene rings is 1. The molecule has 0 aliphatic rings. The Morgan fingerprint density at radius 1 is 1.24 bits per heavy atom. The summed E-state index contributed by atoms with van der Waals surface area (Å²) < 4.78 is 5.09. The molecule has 1 aromatic carbocycles. The monoisotopic (exact) mass is 515 g/mol. The Labute approximate surface area is 178 Å². The SMILES string of the molecule is COc1ccc(NC(N)=NCCNc2ncc(Cl)cc2Cl)cc1Cl.I. The van der Waals surface area contributed by atoms with Crippen molar-refractivity contribution in [3.8, 4) is 5.75 Å². The number of nitrogens with two attached hydrogens (primary N) is 1. The first-order valence-corrected chi connectivity index (χ1v) is 8.08. The van der Waals surface area contributed by atoms with E-state index in [9.17, 15) is 0 Å². The Hall–Kier alpha value is -1.16. The molecule has 0 spiro atoms. The van der Waals surface area contributed by atoms with Gasteiger partial charge in [-0.2, -0.15) is 0 Å². The predicted molar refractivity (Wildman–Crippen MR) is 116 cm³/mol. The minimum absolute atomic E-state index is 0. The lowest BCUT2D eigenvalue weighted by Gasteiger charge is -2.09. The zero-order valence-electron chi connectivity index (χ0n) is 13.2. The molecule has 0 amide bonds. The molecule has 0 atom stereocenters. The number of nitrogens with one attached hydrogen (secondary N) is 2. The summed E-state index contributed by atoms with van der Waals surface area (Å²) >= 11 is 17.9. The van der Waals surface area contributed by atoms with E-state index in [0.717, 1.165) is 5.69 Å². The van der Waals surface area contributed by atoms with Crippen LogP contribution in [0.15, 0.2) is 35.5 Å². The maximum absolute atomic E-state index is 6.05. The van der Waals surface area contributed by atoms with Crippen molar-refractivity contribution in [2.45, 2.75) is 0 Å². The lowest BCUT2D eigenvalue weighted by Crippen LogP contribution is -2.23. The second-order valence-corrected chi connectivity index (χ2v) is 5.90. The molecule has 1 heterocycles. The quantitative estimate of drug-likeness (QED) is 0.228. The smallest absolute Gasteiger partial charge is 0.193 e. The maximum Gasteiger partial charge on any atom is 0.193 e. The van der Waals surface area contributed by atoms with E-state index >= 15 is 0 Å². The van der Waals surface area contributed by atoms with Gasteiger partial charge in [-0.15, -0.1) is 24.0 Å². The molecule has 0 saturated carbocycles. The van der Waals surface area contributed by atoms with Crippen molar-refractivity contribution < 1.29 is 4.74 Å². The number of halogens is 4. The number of aliphatic imine (C=N–C) groups is 1. The van der Waals surface area contributed by atoms with Gasteiger partial charge in [0.2, 0.25) is 0 Å². The van der Waals surface area contributed by atoms with Gasteiger partial charge in [-0.3, -0.25) is 4.99 Å². The number of aromatic nitrogens is 1. The summed E-state index contributed by atoms with van der Waals surface area (Å²) in [6.45, 7) is 0.948. The van der Waals surface area contributed by atoms with Crippen LogP contribution in [0, 0.1) is 0 Å². The minimum atomic E-state index is 0. The Morgan fingerprint density at radius 2 is 2.00 bits per heavy atom. The summed E-state index contributed by atoms with van der Waals surface area (Å²) in [6.07, 6.45) is 1.52. The summed E-state index contributed by atoms with van der Waals surface area (Å²) in [5.74, 6) is 1.41. The second-order valence-electron chi connectivity index (χ2n) is 4.65. The van der Waals surface area contributed by atoms with E-state index in [1.165, 1.54) is 6.20 Å². The molecule has 1 aromatic heterocycles. The van der Waals surface area contributed by atoms with E-state index in [-0.39, 0.29) is 29.9 Å². The number of pyridine rings is 1. The van der Waals surface area contributed by atoms with Crippen molar-refractivity contribution in [2.24, 2.45) is 10.7 Å². The van der Waals surface area contributed by atoms with Crippen molar-refractivity contribution >= 4 is 76.2 Å². The molecular formula is C15H17Cl3IN5O. The van der Waals surface area contributed by atoms with E-state index < -0.39 is 0 Å². The van der Waals surface area contributed by atoms with Gasteiger partial charge in [0.15, 0.2) is 5.96 Å². The molecule has 6 nitrogen and oxygen atoms in total. The molecule has 0 saturated heterocycles. The van der Waals surface area contributed by atoms with Crippen LogP contribution in [0.25, 0.3) is 0 Å². The molecule has 0 bridgehead atoms. The van der Waals surface area contributed by atoms with Gasteiger partial charge >= 0.3 is 0 Å². The average molecular weight is 517 g/mol. The van der Waals surface area contributed by atoms with Gasteiger partial charge in [0.05, 0.1) is 28.7 Å². The van der Waals surface area contributed by atoms with E-state index in [1.807, 2.05) is 0 Å². The molecule has 136 valence electrons. The highest BCUT2D eigenvalue weighted by atomic mass is 127. The summed E-state index contributed by atoms with van der Waals surface area (Å²) in [6, 6.07) is 6.86. The predicted octanol–water partition coefficient (Wildman–Crippen LogP) is 4.51. The van der Waals surface area contributed by atoms with Crippen molar-refractivity contribution in [3.05, 3.63) is 45.5 Å². The third-order valence-corrected chi connectivity index (χ3v) is 3.71. The Bertz CT molecular complexity index is 745. The molecule has 0 radical (unpaired) electrons. The normalized spacial score (nSPS) is 10.8. The Morgan fingerprint density at radius 3 is 2.64 bits per heavy atom. The van der Waals surface area contributed by atoms with Gasteiger partial charge in [-0.1, -0.05) is 34.8 Å². The van der Waals surface area contributed by atoms with E-state index in [4.69, 9.17) is 45.3 Å². The molecule has 0 unspecified atom stereocenters. The standard InChI is InChI=1S/C15H16Cl3N5O.HI/c1-24-13-3-2-10(7-11(13)17)23-15(19)21-5-4-20-14-12(18)6-9(16)8-22-14;/h2-3,6-8H,4-5H2,1H3,(H,20,22)(H3,19,21,23);1H. The third kappa shape index (κ3) is 6.93. The molecule has 2 rings (SSSR count). The Kier molecular flexibility index (Phi) is 9.41. The number of ether oxygens (including phenoxy) is 1. The van der Waals surface area contributed by atoms with Gasteiger partial charge in [0.1, 0.15) is 11.6 Å². The van der Waals surface area contributed by atoms with Gasteiger partial charge in [-0.25, -0.2) is 4.98 Å². The number of anilines is 2. The number of hydrogen-bond acceptors (Lipinski definition) is 4. The van der Waals surface area contributed by atoms with Crippen molar-refractivity contribution in [1.82, 2.24) is 4.98 Å². The van der Waals surface area contributed by atoms with Crippen LogP contribution in [0.1, 0.15) is 0 Å². The highest BCUT2D eigenvalue weighted by Gasteiger charge is 2.03. The number of methoxy groups -OCH3 is 1. The number of hydrogen-bond donors (Lipinski definition) is 3. The van der Waals surface area contributed by atoms with Crippen LogP contribution >= 0.6 is 58.8 Å². The van der Waals surface area contributed by atoms with Gasteiger partial charge in [0.25, 0.3) is 0 Å². The first kappa shape index (κ1) is 21.9. The van der Waals surface area contributed by atoms with E-state index in [1.54, 1.807) is 31.4 Å². The molecule has 2 aromatic rings. The minimum Gasteiger partial charge on any atom is -0.495 e. The van der Waals surface area contributed by atoms with Crippen LogP contribution < -0.4 is 21.1 Å². The van der Waals surface area contributed by atoms with Crippen LogP contribution in [0.3, 0.4) is 0 Å². The van der Waals surface area contributed by atoms with Crippen LogP contribution in [0.2, 0.25) is 15.1 Å². The average Bonchev–Trinajstić information content (AvgIpc) is 2.53. The number of guanidine groups is 1. The van der Waals surface area contributed by atoms with Gasteiger partial charge < -0.3 is 21.1 Å². The molecular weight excluding hydrogens is 499 g/mol. The molecule has 25 heavy (non-hydrogen) atoms. The zero-order chi connectivity index (χ0) is 17.5. The highest BCUT2D eigenvalue weighted by Crippen LogP contribution is 2.27. The topological polar surface area (TPSA) is 84.6 Å². The first-order valence-electron chi connectivity index (χ1n) is 6.95. The number of rotatable bonds is 6. The fraction of sp³-hybridized carbons (Fsp3) is 0.200. The first-order chi connectivity index (χ1) is 11.5. The summed E-state index contributed by atoms with van der Waals surface area (Å²) in [5.41, 5.74) is 6.55. The van der Waals surface area contributed by atoms with Crippen LogP contribution in [0.5, 0.6) is 5.75 Å². The largest absolute Gasteiger partial charge is 0.495 e. The fourth-order valence-electron chi connectivity index (χ4n) is 1.83. The fourth-order valence-corrected chi connectivity index (χ4v) is 2.53. The summed E-state index contributed by atoms with van der Waals surface area (Å²) in [4.78, 5) is 8.29. The van der Waals surface area contributed by atoms with Gasteiger partial charge in [-0.05, 0) is 24.3 Å². The zero-order valence-corrected chi connectivity index (χ0v) is 17.8. The van der Waals surface area contributed by atoms with Crippen LogP contribution in [-0.4, -0.2) is 31.1 Å². The van der Waals surface area contributed by atoms with Gasteiger partial charge in [0, 0.05) is 18.4 Å². The summed E-state index contributed by atoms with van der Waals surface area (Å²) in [7, 11) is 1.55. The van der Waals surface area contributed by atoms with E-state index in [0.29, 0.717) is 39.7 Å². The Balaban J connectivity index is 0.00000312. The van der Waals surface area contributed by atoms with E-state index in [2.05, 4.69) is 20.6 Å². The van der Waals surface area contributed by atoms with Crippen LogP contribution in [0.4, 0.5) is 11.5 Å².